The summed E-state index contributed by atoms with van der Waals surface area (Å²) in [5.74, 6) is -0.678. The number of carbonyl (C=O) groups is 1. The molecule has 0 radical (unpaired) electrons. The van der Waals surface area contributed by atoms with E-state index in [1.807, 2.05) is 91.0 Å². The molecule has 0 bridgehead atoms. The highest BCUT2D eigenvalue weighted by molar-refractivity contribution is 6.73. The van der Waals surface area contributed by atoms with Crippen molar-refractivity contribution in [2.45, 2.75) is 133 Å². The molecule has 4 saturated heterocycles. The zero-order valence-electron chi connectivity index (χ0n) is 33.7. The molecule has 56 heavy (non-hydrogen) atoms. The lowest BCUT2D eigenvalue weighted by atomic mass is 9.90. The van der Waals surface area contributed by atoms with Crippen LogP contribution >= 0.6 is 0 Å². The van der Waals surface area contributed by atoms with Gasteiger partial charge in [0.05, 0.1) is 45.4 Å². The number of esters is 1. The summed E-state index contributed by atoms with van der Waals surface area (Å²) in [5, 5.41) is -0.483. The van der Waals surface area contributed by atoms with Crippen molar-refractivity contribution in [3.63, 3.8) is 0 Å². The van der Waals surface area contributed by atoms with E-state index >= 15 is 0 Å². The Morgan fingerprint density at radius 3 is 1.68 bits per heavy atom. The molecule has 4 aliphatic heterocycles. The first-order valence-electron chi connectivity index (χ1n) is 19.8. The van der Waals surface area contributed by atoms with E-state index in [1.54, 1.807) is 7.11 Å². The van der Waals surface area contributed by atoms with E-state index in [9.17, 15) is 4.79 Å². The van der Waals surface area contributed by atoms with E-state index in [0.29, 0.717) is 26.4 Å². The third-order valence-corrected chi connectivity index (χ3v) is 16.4. The molecule has 3 aromatic rings. The molecule has 4 fully saturated rings. The minimum atomic E-state index is -2.87. The summed E-state index contributed by atoms with van der Waals surface area (Å²) in [6, 6.07) is 29.9. The molecule has 0 spiro atoms. The van der Waals surface area contributed by atoms with E-state index in [0.717, 1.165) is 16.7 Å². The second kappa shape index (κ2) is 17.5. The van der Waals surface area contributed by atoms with Crippen LogP contribution in [0.4, 0.5) is 0 Å². The topological polar surface area (TPSA) is 109 Å². The fourth-order valence-electron chi connectivity index (χ4n) is 8.76. The predicted molar refractivity (Wildman–Crippen MR) is 209 cm³/mol. The molecule has 12 heteroatoms. The van der Waals surface area contributed by atoms with Crippen molar-refractivity contribution in [2.24, 2.45) is 5.92 Å². The van der Waals surface area contributed by atoms with Crippen LogP contribution in [-0.4, -0.2) is 90.2 Å². The second-order valence-electron chi connectivity index (χ2n) is 17.3. The van der Waals surface area contributed by atoms with Crippen molar-refractivity contribution in [3.05, 3.63) is 108 Å². The molecule has 3 aromatic carbocycles. The summed E-state index contributed by atoms with van der Waals surface area (Å²) in [5.41, 5.74) is 3.01. The van der Waals surface area contributed by atoms with Gasteiger partial charge in [-0.1, -0.05) is 133 Å². The Hall–Kier alpha value is -3.01. The molecular weight excluding hydrogens is 733 g/mol. The number of carbonyl (C=O) groups excluding carboxylic acids is 1. The van der Waals surface area contributed by atoms with Crippen LogP contribution in [0.1, 0.15) is 64.7 Å². The fraction of sp³-hybridized carbons (Fsp3) is 0.568. The molecule has 304 valence electrons. The van der Waals surface area contributed by atoms with Gasteiger partial charge in [-0.2, -0.15) is 0 Å². The first-order chi connectivity index (χ1) is 26.9. The molecule has 0 aliphatic carbocycles. The summed E-state index contributed by atoms with van der Waals surface area (Å²) in [6.07, 6.45) is -5.51. The van der Waals surface area contributed by atoms with Crippen LogP contribution in [0.2, 0.25) is 10.1 Å². The number of ether oxygens (including phenoxy) is 8. The monoisotopic (exact) mass is 790 g/mol. The van der Waals surface area contributed by atoms with E-state index in [1.165, 1.54) is 0 Å². The van der Waals surface area contributed by atoms with E-state index in [4.69, 9.17) is 46.7 Å². The molecule has 0 N–H and O–H groups in total. The Labute approximate surface area is 332 Å². The van der Waals surface area contributed by atoms with E-state index < -0.39 is 63.9 Å². The zero-order chi connectivity index (χ0) is 39.5. The minimum absolute atomic E-state index is 0.0553. The standard InChI is InChI=1S/C44H58O11Si/c1-43(2,3)56(44(4,5)6)51-28-34-38(55-56)36-32(23-35(45)54-36)41(52-34)50-27-33-37(47-24-29-17-11-8-12-18-29)39(48-25-30-19-13-9-14-20-30)40(42(46-7)53-33)49-26-31-21-15-10-16-22-31/h8-22,32-34,36-42H,23-28H2,1-7H3/t32-,33+,34+,36+,37+,38+,39-,40+,41-,42-/m0/s1. The van der Waals surface area contributed by atoms with Gasteiger partial charge in [-0.05, 0) is 16.7 Å². The third-order valence-electron chi connectivity index (χ3n) is 11.3. The van der Waals surface area contributed by atoms with Crippen LogP contribution in [0.3, 0.4) is 0 Å². The number of hydrogen-bond acceptors (Lipinski definition) is 11. The summed E-state index contributed by atoms with van der Waals surface area (Å²) in [6.45, 7) is 14.3. The molecule has 0 saturated carbocycles. The van der Waals surface area contributed by atoms with Crippen molar-refractivity contribution in [1.82, 2.24) is 0 Å². The van der Waals surface area contributed by atoms with Crippen molar-refractivity contribution in [1.29, 1.82) is 0 Å². The number of methoxy groups -OCH3 is 1. The summed E-state index contributed by atoms with van der Waals surface area (Å²) in [4.78, 5) is 13.0. The van der Waals surface area contributed by atoms with E-state index in [2.05, 4.69) is 41.5 Å². The first kappa shape index (κ1) is 41.2. The van der Waals surface area contributed by atoms with Crippen LogP contribution in [-0.2, 0) is 71.4 Å². The summed E-state index contributed by atoms with van der Waals surface area (Å²) >= 11 is 0. The van der Waals surface area contributed by atoms with Gasteiger partial charge >= 0.3 is 14.5 Å². The number of hydrogen-bond donors (Lipinski definition) is 0. The van der Waals surface area contributed by atoms with Gasteiger partial charge in [-0.3, -0.25) is 4.79 Å². The van der Waals surface area contributed by atoms with Crippen LogP contribution in [0, 0.1) is 5.92 Å². The van der Waals surface area contributed by atoms with Crippen molar-refractivity contribution in [2.75, 3.05) is 20.3 Å². The maximum absolute atomic E-state index is 13.0. The Bertz CT molecular complexity index is 1680. The third kappa shape index (κ3) is 8.85. The van der Waals surface area contributed by atoms with Gasteiger partial charge in [0.2, 0.25) is 0 Å². The van der Waals surface area contributed by atoms with Crippen LogP contribution in [0.15, 0.2) is 91.0 Å². The number of rotatable bonds is 13. The quantitative estimate of drug-likeness (QED) is 0.129. The lowest BCUT2D eigenvalue weighted by molar-refractivity contribution is -0.337. The Balaban J connectivity index is 1.14. The van der Waals surface area contributed by atoms with Gasteiger partial charge < -0.3 is 46.7 Å². The molecule has 7 rings (SSSR count). The molecule has 11 nitrogen and oxygen atoms in total. The molecule has 0 amide bonds. The molecule has 10 atom stereocenters. The second-order valence-corrected chi connectivity index (χ2v) is 22.0. The molecular formula is C44H58O11Si. The van der Waals surface area contributed by atoms with Crippen molar-refractivity contribution >= 4 is 14.5 Å². The Morgan fingerprint density at radius 2 is 1.16 bits per heavy atom. The van der Waals surface area contributed by atoms with Gasteiger partial charge in [0.15, 0.2) is 12.6 Å². The predicted octanol–water partition coefficient (Wildman–Crippen LogP) is 7.24. The highest BCUT2D eigenvalue weighted by atomic mass is 28.4. The first-order valence-corrected chi connectivity index (χ1v) is 21.6. The van der Waals surface area contributed by atoms with E-state index in [-0.39, 0.29) is 35.0 Å². The van der Waals surface area contributed by atoms with Gasteiger partial charge in [0.1, 0.15) is 42.7 Å². The number of fused-ring (bicyclic) bond motifs is 3. The van der Waals surface area contributed by atoms with Crippen molar-refractivity contribution < 1.29 is 51.5 Å². The lowest BCUT2D eigenvalue weighted by Crippen LogP contribution is -2.70. The maximum Gasteiger partial charge on any atom is 0.349 e. The highest BCUT2D eigenvalue weighted by Gasteiger charge is 2.66. The summed E-state index contributed by atoms with van der Waals surface area (Å²) < 4.78 is 65.9. The SMILES string of the molecule is CO[C@H]1O[C@H](CO[C@H]2O[C@@H]3CO[Si](C(C)(C)C)(C(C)(C)C)O[C@H]3[C@@H]3OC(=O)C[C@H]23)[C@@H](OCc2ccccc2)[C@H](OCc2ccccc2)[C@H]1OCc1ccccc1. The number of benzene rings is 3. The Morgan fingerprint density at radius 1 is 0.643 bits per heavy atom. The fourth-order valence-corrected chi connectivity index (χ4v) is 13.7. The molecule has 4 heterocycles. The van der Waals surface area contributed by atoms with Crippen LogP contribution in [0.25, 0.3) is 0 Å². The highest BCUT2D eigenvalue weighted by Crippen LogP contribution is 2.56. The smallest absolute Gasteiger partial charge is 0.349 e. The maximum atomic E-state index is 13.0. The molecule has 0 unspecified atom stereocenters. The summed E-state index contributed by atoms with van der Waals surface area (Å²) in [7, 11) is -1.27. The lowest BCUT2D eigenvalue weighted by Gasteiger charge is -2.57. The average molecular weight is 791 g/mol. The molecule has 0 aromatic heterocycles. The van der Waals surface area contributed by atoms with Gasteiger partial charge in [0, 0.05) is 17.2 Å². The van der Waals surface area contributed by atoms with Crippen LogP contribution < -0.4 is 0 Å². The van der Waals surface area contributed by atoms with Crippen molar-refractivity contribution in [3.8, 4) is 0 Å². The zero-order valence-corrected chi connectivity index (χ0v) is 34.7. The normalized spacial score (nSPS) is 31.7. The van der Waals surface area contributed by atoms with Gasteiger partial charge in [-0.25, -0.2) is 0 Å². The minimum Gasteiger partial charge on any atom is -0.459 e. The van der Waals surface area contributed by atoms with Crippen LogP contribution in [0.5, 0.6) is 0 Å². The molecule has 4 aliphatic rings. The van der Waals surface area contributed by atoms with Gasteiger partial charge in [0.25, 0.3) is 0 Å². The largest absolute Gasteiger partial charge is 0.459 e. The average Bonchev–Trinajstić information content (AvgIpc) is 3.59. The Kier molecular flexibility index (Phi) is 12.8. The van der Waals surface area contributed by atoms with Gasteiger partial charge in [-0.15, -0.1) is 0 Å².